The molecule has 0 saturated carbocycles. The summed E-state index contributed by atoms with van der Waals surface area (Å²) >= 11 is 0. The molecule has 0 N–H and O–H groups in total. The van der Waals surface area contributed by atoms with Gasteiger partial charge in [-0.15, -0.1) is 0 Å². The van der Waals surface area contributed by atoms with Gasteiger partial charge in [0.1, 0.15) is 11.1 Å². The molecule has 1 saturated heterocycles. The summed E-state index contributed by atoms with van der Waals surface area (Å²) in [5, 5.41) is -1.17. The lowest BCUT2D eigenvalue weighted by atomic mass is 10.1. The molecule has 1 amide bonds. The maximum atomic E-state index is 13.5. The number of carbonyl (C=O) groups is 1. The third kappa shape index (κ3) is 3.29. The van der Waals surface area contributed by atoms with Crippen LogP contribution in [0.15, 0.2) is 18.2 Å². The van der Waals surface area contributed by atoms with Crippen molar-refractivity contribution < 1.29 is 30.8 Å². The number of anilines is 1. The molecule has 1 aliphatic heterocycles. The normalized spacial score (nSPS) is 20.1. The van der Waals surface area contributed by atoms with Crippen LogP contribution in [0.2, 0.25) is 0 Å². The minimum atomic E-state index is -4.85. The highest BCUT2D eigenvalue weighted by Crippen LogP contribution is 2.34. The van der Waals surface area contributed by atoms with Crippen LogP contribution in [0.5, 0.6) is 0 Å². The highest BCUT2D eigenvalue weighted by Gasteiger charge is 2.39. The molecule has 1 aliphatic rings. The van der Waals surface area contributed by atoms with E-state index in [1.807, 2.05) is 0 Å². The van der Waals surface area contributed by atoms with Crippen LogP contribution in [0.1, 0.15) is 12.0 Å². The Morgan fingerprint density at radius 3 is 2.33 bits per heavy atom. The quantitative estimate of drug-likeness (QED) is 0.611. The first-order valence-electron chi connectivity index (χ1n) is 5.60. The molecular weight excluding hydrogens is 338 g/mol. The molecule has 116 valence electrons. The summed E-state index contributed by atoms with van der Waals surface area (Å²) in [6.45, 7) is -0.324. The van der Waals surface area contributed by atoms with E-state index in [-0.39, 0.29) is 12.2 Å². The molecule has 0 aromatic heterocycles. The summed E-state index contributed by atoms with van der Waals surface area (Å²) in [7, 11) is 1.16. The van der Waals surface area contributed by atoms with Gasteiger partial charge in [0.05, 0.1) is 5.56 Å². The molecule has 21 heavy (non-hydrogen) atoms. The summed E-state index contributed by atoms with van der Waals surface area (Å²) in [6.07, 6.45) is -5.24. The molecule has 1 atom stereocenters. The Hall–Kier alpha value is -1.35. The monoisotopic (exact) mass is 345 g/mol. The third-order valence-electron chi connectivity index (χ3n) is 3.06. The number of hydrogen-bond donors (Lipinski definition) is 0. The smallest absolute Gasteiger partial charge is 0.311 e. The van der Waals surface area contributed by atoms with Crippen LogP contribution >= 0.6 is 10.7 Å². The fraction of sp³-hybridized carbons (Fsp3) is 0.364. The van der Waals surface area contributed by atoms with Crippen LogP contribution in [-0.4, -0.2) is 26.1 Å². The first kappa shape index (κ1) is 16.0. The highest BCUT2D eigenvalue weighted by atomic mass is 35.7. The number of amides is 1. The molecule has 1 unspecified atom stereocenters. The summed E-state index contributed by atoms with van der Waals surface area (Å²) in [5.74, 6) is -2.19. The van der Waals surface area contributed by atoms with E-state index in [0.29, 0.717) is 12.1 Å². The summed E-state index contributed by atoms with van der Waals surface area (Å²) in [6, 6.07) is 1.96. The van der Waals surface area contributed by atoms with Gasteiger partial charge in [-0.25, -0.2) is 12.8 Å². The highest BCUT2D eigenvalue weighted by molar-refractivity contribution is 8.14. The Balaban J connectivity index is 2.32. The summed E-state index contributed by atoms with van der Waals surface area (Å²) in [4.78, 5) is 12.6. The Labute approximate surface area is 121 Å². The molecule has 1 fully saturated rings. The number of hydrogen-bond acceptors (Lipinski definition) is 3. The van der Waals surface area contributed by atoms with Crippen molar-refractivity contribution in [1.29, 1.82) is 0 Å². The van der Waals surface area contributed by atoms with E-state index in [4.69, 9.17) is 10.7 Å². The van der Waals surface area contributed by atoms with Gasteiger partial charge in [0.15, 0.2) is 0 Å². The minimum absolute atomic E-state index is 0.145. The number of carbonyl (C=O) groups excluding carboxylic acids is 1. The largest absolute Gasteiger partial charge is 0.419 e. The standard InChI is InChI=1S/C11H8ClF4NO3S/c12-21(19,20)7-4-10(18)17(5-7)6-1-2-8(9(13)3-6)11(14,15)16/h1-3,7H,4-5H2. The Kier molecular flexibility index (Phi) is 3.92. The van der Waals surface area contributed by atoms with E-state index < -0.39 is 44.2 Å². The van der Waals surface area contributed by atoms with Gasteiger partial charge in [-0.1, -0.05) is 0 Å². The van der Waals surface area contributed by atoms with Gasteiger partial charge in [-0.2, -0.15) is 13.2 Å². The lowest BCUT2D eigenvalue weighted by Crippen LogP contribution is -2.27. The van der Waals surface area contributed by atoms with Gasteiger partial charge in [-0.05, 0) is 18.2 Å². The molecule has 0 bridgehead atoms. The summed E-state index contributed by atoms with van der Waals surface area (Å²) in [5.41, 5.74) is -1.60. The van der Waals surface area contributed by atoms with Gasteiger partial charge < -0.3 is 4.90 Å². The molecule has 0 radical (unpaired) electrons. The molecule has 1 aromatic rings. The molecule has 2 rings (SSSR count). The first-order chi connectivity index (χ1) is 9.50. The lowest BCUT2D eigenvalue weighted by Gasteiger charge is -2.17. The second-order valence-corrected chi connectivity index (χ2v) is 7.38. The van der Waals surface area contributed by atoms with Crippen molar-refractivity contribution in [3.8, 4) is 0 Å². The second-order valence-electron chi connectivity index (χ2n) is 4.47. The zero-order valence-corrected chi connectivity index (χ0v) is 11.8. The van der Waals surface area contributed by atoms with E-state index in [1.165, 1.54) is 0 Å². The summed E-state index contributed by atoms with van der Waals surface area (Å²) < 4.78 is 73.1. The average Bonchev–Trinajstić information content (AvgIpc) is 2.69. The van der Waals surface area contributed by atoms with E-state index in [9.17, 15) is 30.8 Å². The van der Waals surface area contributed by atoms with Gasteiger partial charge in [0.2, 0.25) is 15.0 Å². The lowest BCUT2D eigenvalue weighted by molar-refractivity contribution is -0.139. The zero-order chi connectivity index (χ0) is 16.0. The van der Waals surface area contributed by atoms with E-state index >= 15 is 0 Å². The van der Waals surface area contributed by atoms with Crippen LogP contribution in [0.3, 0.4) is 0 Å². The SMILES string of the molecule is O=C1CC(S(=O)(=O)Cl)CN1c1ccc(C(F)(F)F)c(F)c1. The second kappa shape index (κ2) is 5.13. The van der Waals surface area contributed by atoms with Crippen LogP contribution < -0.4 is 4.90 Å². The Morgan fingerprint density at radius 1 is 1.29 bits per heavy atom. The van der Waals surface area contributed by atoms with Gasteiger partial charge in [-0.3, -0.25) is 4.79 Å². The van der Waals surface area contributed by atoms with Gasteiger partial charge in [0, 0.05) is 29.3 Å². The molecule has 10 heteroatoms. The van der Waals surface area contributed by atoms with Crippen molar-refractivity contribution in [2.45, 2.75) is 17.8 Å². The van der Waals surface area contributed by atoms with Gasteiger partial charge >= 0.3 is 6.18 Å². The zero-order valence-electron chi connectivity index (χ0n) is 10.2. The molecule has 0 spiro atoms. The predicted molar refractivity (Wildman–Crippen MR) is 66.9 cm³/mol. The average molecular weight is 346 g/mol. The maximum absolute atomic E-state index is 13.5. The van der Waals surface area contributed by atoms with Crippen molar-refractivity contribution in [2.24, 2.45) is 0 Å². The number of benzene rings is 1. The van der Waals surface area contributed by atoms with Crippen LogP contribution in [0, 0.1) is 5.82 Å². The van der Waals surface area contributed by atoms with E-state index in [0.717, 1.165) is 11.0 Å². The van der Waals surface area contributed by atoms with Crippen molar-refractivity contribution in [3.63, 3.8) is 0 Å². The topological polar surface area (TPSA) is 54.5 Å². The Morgan fingerprint density at radius 2 is 1.90 bits per heavy atom. The van der Waals surface area contributed by atoms with E-state index in [2.05, 4.69) is 0 Å². The number of rotatable bonds is 2. The number of nitrogens with zero attached hydrogens (tertiary/aromatic N) is 1. The van der Waals surface area contributed by atoms with Crippen molar-refractivity contribution in [3.05, 3.63) is 29.6 Å². The molecule has 4 nitrogen and oxygen atoms in total. The molecule has 1 aromatic carbocycles. The number of halogens is 5. The van der Waals surface area contributed by atoms with Crippen molar-refractivity contribution in [2.75, 3.05) is 11.4 Å². The van der Waals surface area contributed by atoms with Crippen molar-refractivity contribution in [1.82, 2.24) is 0 Å². The van der Waals surface area contributed by atoms with Crippen molar-refractivity contribution >= 4 is 31.3 Å². The van der Waals surface area contributed by atoms with Gasteiger partial charge in [0.25, 0.3) is 0 Å². The van der Waals surface area contributed by atoms with E-state index in [1.54, 1.807) is 0 Å². The Bertz CT molecular complexity index is 689. The molecule has 0 aliphatic carbocycles. The predicted octanol–water partition coefficient (Wildman–Crippen LogP) is 2.52. The maximum Gasteiger partial charge on any atom is 0.419 e. The van der Waals surface area contributed by atoms with Crippen LogP contribution in [0.25, 0.3) is 0 Å². The minimum Gasteiger partial charge on any atom is -0.311 e. The van der Waals surface area contributed by atoms with Crippen LogP contribution in [0.4, 0.5) is 23.2 Å². The molecular formula is C11H8ClF4NO3S. The number of alkyl halides is 3. The van der Waals surface area contributed by atoms with Crippen LogP contribution in [-0.2, 0) is 20.0 Å². The fourth-order valence-electron chi connectivity index (χ4n) is 2.01. The molecule has 1 heterocycles. The third-order valence-corrected chi connectivity index (χ3v) is 4.93. The first-order valence-corrected chi connectivity index (χ1v) is 7.98. The fourth-order valence-corrected chi connectivity index (χ4v) is 3.04.